The molecule has 1 rings (SSSR count). The second-order valence-electron chi connectivity index (χ2n) is 3.58. The minimum absolute atomic E-state index is 0.0811. The summed E-state index contributed by atoms with van der Waals surface area (Å²) in [6, 6.07) is 1.41. The normalized spacial score (nSPS) is 10.3. The molecule has 0 unspecified atom stereocenters. The second kappa shape index (κ2) is 4.11. The number of carboxylic acids is 1. The summed E-state index contributed by atoms with van der Waals surface area (Å²) < 4.78 is 0. The first kappa shape index (κ1) is 11.2. The summed E-state index contributed by atoms with van der Waals surface area (Å²) in [5.41, 5.74) is -0.547. The Morgan fingerprint density at radius 1 is 1.47 bits per heavy atom. The number of pyridine rings is 1. The predicted molar refractivity (Wildman–Crippen MR) is 54.4 cm³/mol. The molecule has 0 fully saturated rings. The van der Waals surface area contributed by atoms with Crippen molar-refractivity contribution in [3.8, 4) is 11.8 Å². The van der Waals surface area contributed by atoms with E-state index in [4.69, 9.17) is 5.11 Å². The van der Waals surface area contributed by atoms with Crippen LogP contribution in [0.5, 0.6) is 0 Å². The topological polar surface area (TPSA) is 70.4 Å². The number of aliphatic hydroxyl groups is 1. The molecule has 0 aromatic carbocycles. The molecule has 0 amide bonds. The average molecular weight is 205 g/mol. The zero-order chi connectivity index (χ0) is 11.5. The first-order chi connectivity index (χ1) is 6.88. The van der Waals surface area contributed by atoms with E-state index in [1.165, 1.54) is 18.5 Å². The van der Waals surface area contributed by atoms with Crippen LogP contribution in [0.2, 0.25) is 0 Å². The lowest BCUT2D eigenvalue weighted by atomic mass is 10.1. The number of hydrogen-bond donors (Lipinski definition) is 2. The SMILES string of the molecule is CC(C)(O)C#Cc1cncc(C(=O)O)c1. The third kappa shape index (κ3) is 3.79. The number of hydrogen-bond acceptors (Lipinski definition) is 3. The number of aromatic carboxylic acids is 1. The largest absolute Gasteiger partial charge is 0.478 e. The summed E-state index contributed by atoms with van der Waals surface area (Å²) in [5, 5.41) is 18.0. The smallest absolute Gasteiger partial charge is 0.337 e. The van der Waals surface area contributed by atoms with Gasteiger partial charge in [0, 0.05) is 18.0 Å². The van der Waals surface area contributed by atoms with E-state index in [0.29, 0.717) is 5.56 Å². The van der Waals surface area contributed by atoms with Crippen LogP contribution >= 0.6 is 0 Å². The summed E-state index contributed by atoms with van der Waals surface area (Å²) in [5.74, 6) is 4.18. The molecule has 1 aromatic heterocycles. The minimum Gasteiger partial charge on any atom is -0.478 e. The zero-order valence-electron chi connectivity index (χ0n) is 8.48. The summed E-state index contributed by atoms with van der Waals surface area (Å²) >= 11 is 0. The molecule has 15 heavy (non-hydrogen) atoms. The number of nitrogens with zero attached hydrogens (tertiary/aromatic N) is 1. The molecule has 1 heterocycles. The van der Waals surface area contributed by atoms with Crippen LogP contribution in [-0.4, -0.2) is 26.8 Å². The van der Waals surface area contributed by atoms with E-state index in [0.717, 1.165) is 0 Å². The van der Waals surface area contributed by atoms with Crippen LogP contribution in [0.3, 0.4) is 0 Å². The van der Waals surface area contributed by atoms with Gasteiger partial charge in [-0.25, -0.2) is 4.79 Å². The van der Waals surface area contributed by atoms with Gasteiger partial charge >= 0.3 is 5.97 Å². The van der Waals surface area contributed by atoms with Gasteiger partial charge in [-0.1, -0.05) is 11.8 Å². The van der Waals surface area contributed by atoms with Gasteiger partial charge in [0.15, 0.2) is 0 Å². The first-order valence-electron chi connectivity index (χ1n) is 4.32. The molecule has 0 aliphatic rings. The van der Waals surface area contributed by atoms with E-state index in [1.54, 1.807) is 13.8 Å². The third-order valence-corrected chi connectivity index (χ3v) is 1.50. The van der Waals surface area contributed by atoms with Gasteiger partial charge in [-0.15, -0.1) is 0 Å². The van der Waals surface area contributed by atoms with Crippen molar-refractivity contribution in [3.63, 3.8) is 0 Å². The van der Waals surface area contributed by atoms with Crippen molar-refractivity contribution in [1.29, 1.82) is 0 Å². The predicted octanol–water partition coefficient (Wildman–Crippen LogP) is 0.902. The Balaban J connectivity index is 3.00. The highest BCUT2D eigenvalue weighted by Gasteiger charge is 2.06. The van der Waals surface area contributed by atoms with E-state index in [2.05, 4.69) is 16.8 Å². The van der Waals surface area contributed by atoms with Crippen LogP contribution in [0.25, 0.3) is 0 Å². The molecule has 0 atom stereocenters. The Bertz CT molecular complexity index is 435. The van der Waals surface area contributed by atoms with Gasteiger partial charge in [-0.3, -0.25) is 4.98 Å². The molecule has 78 valence electrons. The second-order valence-corrected chi connectivity index (χ2v) is 3.58. The first-order valence-corrected chi connectivity index (χ1v) is 4.32. The van der Waals surface area contributed by atoms with Gasteiger partial charge in [0.05, 0.1) is 5.56 Å². The Morgan fingerprint density at radius 3 is 2.67 bits per heavy atom. The molecule has 0 saturated heterocycles. The number of aromatic nitrogens is 1. The fourth-order valence-corrected chi connectivity index (χ4v) is 0.850. The molecule has 0 radical (unpaired) electrons. The van der Waals surface area contributed by atoms with Crippen molar-refractivity contribution in [1.82, 2.24) is 4.98 Å². The lowest BCUT2D eigenvalue weighted by Gasteiger charge is -2.05. The molecular formula is C11H11NO3. The van der Waals surface area contributed by atoms with E-state index in [-0.39, 0.29) is 5.56 Å². The summed E-state index contributed by atoms with van der Waals surface area (Å²) in [7, 11) is 0. The highest BCUT2D eigenvalue weighted by molar-refractivity contribution is 5.87. The van der Waals surface area contributed by atoms with Crippen LogP contribution in [0.1, 0.15) is 29.8 Å². The molecule has 0 aliphatic heterocycles. The van der Waals surface area contributed by atoms with Crippen LogP contribution in [0.15, 0.2) is 18.5 Å². The molecule has 0 saturated carbocycles. The van der Waals surface area contributed by atoms with Crippen LogP contribution in [-0.2, 0) is 0 Å². The van der Waals surface area contributed by atoms with E-state index in [9.17, 15) is 9.90 Å². The highest BCUT2D eigenvalue weighted by atomic mass is 16.4. The third-order valence-electron chi connectivity index (χ3n) is 1.50. The fraction of sp³-hybridized carbons (Fsp3) is 0.273. The standard InChI is InChI=1S/C11H11NO3/c1-11(2,15)4-3-8-5-9(10(13)14)7-12-6-8/h5-7,15H,1-2H3,(H,13,14). The van der Waals surface area contributed by atoms with Crippen molar-refractivity contribution >= 4 is 5.97 Å². The summed E-state index contributed by atoms with van der Waals surface area (Å²) in [4.78, 5) is 14.4. The van der Waals surface area contributed by atoms with Crippen molar-refractivity contribution < 1.29 is 15.0 Å². The van der Waals surface area contributed by atoms with Gasteiger partial charge in [-0.05, 0) is 19.9 Å². The minimum atomic E-state index is -1.10. The number of rotatable bonds is 1. The summed E-state index contributed by atoms with van der Waals surface area (Å²) in [6.07, 6.45) is 2.70. The Labute approximate surface area is 87.6 Å². The molecular weight excluding hydrogens is 194 g/mol. The summed E-state index contributed by atoms with van der Waals surface area (Å²) in [6.45, 7) is 3.10. The average Bonchev–Trinajstić information content (AvgIpc) is 2.14. The van der Waals surface area contributed by atoms with Crippen molar-refractivity contribution in [2.45, 2.75) is 19.4 Å². The van der Waals surface area contributed by atoms with Crippen molar-refractivity contribution in [2.24, 2.45) is 0 Å². The van der Waals surface area contributed by atoms with E-state index in [1.807, 2.05) is 0 Å². The fourth-order valence-electron chi connectivity index (χ4n) is 0.850. The number of carbonyl (C=O) groups is 1. The highest BCUT2D eigenvalue weighted by Crippen LogP contribution is 2.03. The number of carboxylic acid groups (broad SMARTS) is 1. The molecule has 4 heteroatoms. The lowest BCUT2D eigenvalue weighted by molar-refractivity contribution is 0.0696. The molecule has 0 aliphatic carbocycles. The van der Waals surface area contributed by atoms with Crippen LogP contribution < -0.4 is 0 Å². The van der Waals surface area contributed by atoms with Crippen LogP contribution in [0.4, 0.5) is 0 Å². The lowest BCUT2D eigenvalue weighted by Crippen LogP contribution is -2.14. The maximum Gasteiger partial charge on any atom is 0.337 e. The molecule has 0 spiro atoms. The molecule has 2 N–H and O–H groups in total. The van der Waals surface area contributed by atoms with Gasteiger partial charge < -0.3 is 10.2 Å². The van der Waals surface area contributed by atoms with E-state index < -0.39 is 11.6 Å². The van der Waals surface area contributed by atoms with Gasteiger partial charge in [0.2, 0.25) is 0 Å². The van der Waals surface area contributed by atoms with Crippen LogP contribution in [0, 0.1) is 11.8 Å². The zero-order valence-corrected chi connectivity index (χ0v) is 8.48. The van der Waals surface area contributed by atoms with E-state index >= 15 is 0 Å². The van der Waals surface area contributed by atoms with Gasteiger partial charge in [0.1, 0.15) is 5.60 Å². The van der Waals surface area contributed by atoms with Crippen molar-refractivity contribution in [3.05, 3.63) is 29.6 Å². The maximum absolute atomic E-state index is 10.6. The Morgan fingerprint density at radius 2 is 2.13 bits per heavy atom. The Kier molecular flexibility index (Phi) is 3.08. The van der Waals surface area contributed by atoms with Gasteiger partial charge in [-0.2, -0.15) is 0 Å². The quantitative estimate of drug-likeness (QED) is 0.668. The Hall–Kier alpha value is -1.86. The monoisotopic (exact) mass is 205 g/mol. The maximum atomic E-state index is 10.6. The molecule has 0 bridgehead atoms. The van der Waals surface area contributed by atoms with Crippen molar-refractivity contribution in [2.75, 3.05) is 0 Å². The molecule has 4 nitrogen and oxygen atoms in total. The van der Waals surface area contributed by atoms with Gasteiger partial charge in [0.25, 0.3) is 0 Å². The molecule has 1 aromatic rings.